The Kier molecular flexibility index (Phi) is 9.56. The molecule has 0 aliphatic carbocycles. The van der Waals surface area contributed by atoms with Crippen LogP contribution in [-0.4, -0.2) is 35.1 Å². The number of benzene rings is 2. The van der Waals surface area contributed by atoms with E-state index in [1.54, 1.807) is 0 Å². The number of hydrogen-bond acceptors (Lipinski definition) is 4. The highest BCUT2D eigenvalue weighted by atomic mass is 16.5. The fourth-order valence-electron chi connectivity index (χ4n) is 5.62. The fraction of sp³-hybridized carbons (Fsp3) is 0.657. The minimum atomic E-state index is -1.29. The summed E-state index contributed by atoms with van der Waals surface area (Å²) in [6.45, 7) is 29.3. The first-order chi connectivity index (χ1) is 17.5. The lowest BCUT2D eigenvalue weighted by Gasteiger charge is -2.41. The smallest absolute Gasteiger partial charge is 0.136 e. The molecule has 0 radical (unpaired) electrons. The first kappa shape index (κ1) is 33.3. The molecule has 2 rings (SSSR count). The second kappa shape index (κ2) is 11.2. The number of aliphatic hydroxyl groups is 3. The summed E-state index contributed by atoms with van der Waals surface area (Å²) in [6.07, 6.45) is -0.777. The average molecular weight is 541 g/mol. The van der Waals surface area contributed by atoms with Crippen LogP contribution in [0.3, 0.4) is 0 Å². The molecule has 0 aliphatic heterocycles. The summed E-state index contributed by atoms with van der Waals surface area (Å²) in [6, 6.07) is 8.75. The van der Waals surface area contributed by atoms with Gasteiger partial charge < -0.3 is 20.1 Å². The van der Waals surface area contributed by atoms with Gasteiger partial charge in [-0.3, -0.25) is 0 Å². The van der Waals surface area contributed by atoms with Gasteiger partial charge in [-0.15, -0.1) is 0 Å². The maximum Gasteiger partial charge on any atom is 0.136 e. The minimum absolute atomic E-state index is 0.0353. The number of rotatable bonds is 7. The van der Waals surface area contributed by atoms with Crippen molar-refractivity contribution in [3.8, 4) is 5.75 Å². The van der Waals surface area contributed by atoms with E-state index in [-0.39, 0.29) is 21.7 Å². The van der Waals surface area contributed by atoms with Gasteiger partial charge in [0.05, 0.1) is 25.2 Å². The highest BCUT2D eigenvalue weighted by molar-refractivity contribution is 5.50. The third-order valence-corrected chi connectivity index (χ3v) is 7.98. The molecule has 3 N–H and O–H groups in total. The Labute approximate surface area is 238 Å². The van der Waals surface area contributed by atoms with Crippen LogP contribution < -0.4 is 4.74 Å². The van der Waals surface area contributed by atoms with Crippen molar-refractivity contribution in [2.24, 2.45) is 5.41 Å². The van der Waals surface area contributed by atoms with E-state index >= 15 is 0 Å². The Morgan fingerprint density at radius 3 is 1.26 bits per heavy atom. The van der Waals surface area contributed by atoms with E-state index in [0.717, 1.165) is 33.6 Å². The highest BCUT2D eigenvalue weighted by Gasteiger charge is 2.44. The lowest BCUT2D eigenvalue weighted by molar-refractivity contribution is -0.0752. The van der Waals surface area contributed by atoms with E-state index in [4.69, 9.17) is 4.74 Å². The molecule has 0 saturated carbocycles. The number of hydrogen-bond donors (Lipinski definition) is 3. The lowest BCUT2D eigenvalue weighted by Crippen LogP contribution is -2.44. The Morgan fingerprint density at radius 2 is 0.897 bits per heavy atom. The summed E-state index contributed by atoms with van der Waals surface area (Å²) in [5.41, 5.74) is 5.96. The van der Waals surface area contributed by atoms with Crippen LogP contribution in [0.2, 0.25) is 0 Å². The van der Waals surface area contributed by atoms with Crippen LogP contribution in [0, 0.1) is 19.3 Å². The van der Waals surface area contributed by atoms with Crippen molar-refractivity contribution in [3.05, 3.63) is 63.2 Å². The molecule has 0 heterocycles. The molecule has 2 aromatic rings. The van der Waals surface area contributed by atoms with Crippen molar-refractivity contribution in [1.82, 2.24) is 0 Å². The maximum absolute atomic E-state index is 10.7. The molecule has 0 saturated heterocycles. The van der Waals surface area contributed by atoms with E-state index in [1.165, 1.54) is 11.1 Å². The molecule has 4 heteroatoms. The van der Waals surface area contributed by atoms with Gasteiger partial charge in [0, 0.05) is 0 Å². The molecule has 0 aliphatic rings. The van der Waals surface area contributed by atoms with E-state index in [1.807, 2.05) is 0 Å². The molecule has 0 bridgehead atoms. The van der Waals surface area contributed by atoms with Crippen molar-refractivity contribution in [3.63, 3.8) is 0 Å². The first-order valence-corrected chi connectivity index (χ1v) is 14.3. The van der Waals surface area contributed by atoms with Crippen molar-refractivity contribution >= 4 is 0 Å². The van der Waals surface area contributed by atoms with Crippen molar-refractivity contribution in [2.45, 2.75) is 125 Å². The normalized spacial score (nSPS) is 14.5. The van der Waals surface area contributed by atoms with Gasteiger partial charge in [0.2, 0.25) is 0 Å². The summed E-state index contributed by atoms with van der Waals surface area (Å²) in [4.78, 5) is 0. The third kappa shape index (κ3) is 7.07. The van der Waals surface area contributed by atoms with E-state index in [0.29, 0.717) is 0 Å². The first-order valence-electron chi connectivity index (χ1n) is 14.3. The van der Waals surface area contributed by atoms with Crippen LogP contribution in [-0.2, 0) is 21.7 Å². The summed E-state index contributed by atoms with van der Waals surface area (Å²) in [7, 11) is 0. The SMILES string of the molecule is Cc1cc(OC(c2cc(C)c(C(C)(C)C)cc2C(C)(C)C)C(CO)(CO)CO)c(C(C)(C)C)cc1C(C)(C)C. The predicted molar refractivity (Wildman–Crippen MR) is 164 cm³/mol. The average Bonchev–Trinajstić information content (AvgIpc) is 2.76. The lowest BCUT2D eigenvalue weighted by atomic mass is 9.71. The van der Waals surface area contributed by atoms with Crippen molar-refractivity contribution in [1.29, 1.82) is 0 Å². The molecule has 39 heavy (non-hydrogen) atoms. The van der Waals surface area contributed by atoms with Crippen LogP contribution in [0.4, 0.5) is 0 Å². The van der Waals surface area contributed by atoms with Crippen molar-refractivity contribution in [2.75, 3.05) is 19.8 Å². The minimum Gasteiger partial charge on any atom is -0.485 e. The fourth-order valence-corrected chi connectivity index (χ4v) is 5.62. The second-order valence-electron chi connectivity index (χ2n) is 15.8. The Balaban J connectivity index is 3.00. The van der Waals surface area contributed by atoms with Gasteiger partial charge in [0.1, 0.15) is 11.9 Å². The Bertz CT molecular complexity index is 1140. The van der Waals surface area contributed by atoms with Gasteiger partial charge in [-0.2, -0.15) is 0 Å². The molecule has 0 aromatic heterocycles. The summed E-state index contributed by atoms with van der Waals surface area (Å²) >= 11 is 0. The monoisotopic (exact) mass is 540 g/mol. The molecule has 0 amide bonds. The predicted octanol–water partition coefficient (Wildman–Crippen LogP) is 7.58. The number of ether oxygens (including phenoxy) is 1. The van der Waals surface area contributed by atoms with Gasteiger partial charge in [-0.25, -0.2) is 0 Å². The summed E-state index contributed by atoms with van der Waals surface area (Å²) in [5.74, 6) is 0.718. The molecule has 0 fully saturated rings. The van der Waals surface area contributed by atoms with Gasteiger partial charge in [-0.05, 0) is 80.5 Å². The molecular weight excluding hydrogens is 484 g/mol. The van der Waals surface area contributed by atoms with Crippen LogP contribution in [0.1, 0.15) is 128 Å². The third-order valence-electron chi connectivity index (χ3n) is 7.98. The molecule has 220 valence electrons. The Hall–Kier alpha value is -1.88. The zero-order chi connectivity index (χ0) is 30.4. The number of aryl methyl sites for hydroxylation is 2. The van der Waals surface area contributed by atoms with Gasteiger partial charge in [-0.1, -0.05) is 101 Å². The zero-order valence-electron chi connectivity index (χ0n) is 27.3. The zero-order valence-corrected chi connectivity index (χ0v) is 27.3. The quantitative estimate of drug-likeness (QED) is 0.339. The van der Waals surface area contributed by atoms with E-state index in [2.05, 4.69) is 121 Å². The van der Waals surface area contributed by atoms with Gasteiger partial charge in [0.15, 0.2) is 0 Å². The highest BCUT2D eigenvalue weighted by Crippen LogP contribution is 2.46. The van der Waals surface area contributed by atoms with Crippen LogP contribution in [0.15, 0.2) is 24.3 Å². The molecular formula is C35H56O4. The van der Waals surface area contributed by atoms with E-state index < -0.39 is 31.3 Å². The molecule has 0 spiro atoms. The van der Waals surface area contributed by atoms with Crippen LogP contribution in [0.5, 0.6) is 5.75 Å². The summed E-state index contributed by atoms with van der Waals surface area (Å²) in [5, 5.41) is 32.0. The van der Waals surface area contributed by atoms with Crippen molar-refractivity contribution < 1.29 is 20.1 Å². The van der Waals surface area contributed by atoms with Gasteiger partial charge >= 0.3 is 0 Å². The van der Waals surface area contributed by atoms with E-state index in [9.17, 15) is 15.3 Å². The van der Waals surface area contributed by atoms with Crippen LogP contribution >= 0.6 is 0 Å². The largest absolute Gasteiger partial charge is 0.485 e. The standard InChI is InChI=1S/C35H56O4/c1-22-15-24(27(33(9,10)11)17-25(22)31(3,4)5)30(35(19-36,20-37)21-38)39-29-16-23(2)26(32(6,7)8)18-28(29)34(12,13)14/h15-18,30,36-38H,19-21H2,1-14H3. The summed E-state index contributed by atoms with van der Waals surface area (Å²) < 4.78 is 6.98. The molecule has 2 aromatic carbocycles. The molecule has 4 nitrogen and oxygen atoms in total. The topological polar surface area (TPSA) is 69.9 Å². The molecule has 1 unspecified atom stereocenters. The number of aliphatic hydroxyl groups excluding tert-OH is 3. The second-order valence-corrected chi connectivity index (χ2v) is 15.8. The maximum atomic E-state index is 10.7. The van der Waals surface area contributed by atoms with Crippen LogP contribution in [0.25, 0.3) is 0 Å². The Morgan fingerprint density at radius 1 is 0.538 bits per heavy atom. The molecule has 1 atom stereocenters. The van der Waals surface area contributed by atoms with Gasteiger partial charge in [0.25, 0.3) is 0 Å².